The fourth-order valence-electron chi connectivity index (χ4n) is 2.10. The van der Waals surface area contributed by atoms with Crippen LogP contribution in [0.1, 0.15) is 25.8 Å². The van der Waals surface area contributed by atoms with Gasteiger partial charge in [0.15, 0.2) is 9.84 Å². The highest BCUT2D eigenvalue weighted by atomic mass is 32.2. The number of sulfone groups is 1. The van der Waals surface area contributed by atoms with E-state index in [-0.39, 0.29) is 5.75 Å². The first-order valence-electron chi connectivity index (χ1n) is 7.63. The quantitative estimate of drug-likeness (QED) is 0.809. The summed E-state index contributed by atoms with van der Waals surface area (Å²) in [4.78, 5) is 8.92. The molecule has 0 aliphatic carbocycles. The second kappa shape index (κ2) is 7.41. The molecule has 1 aromatic carbocycles. The summed E-state index contributed by atoms with van der Waals surface area (Å²) in [5, 5.41) is 6.23. The van der Waals surface area contributed by atoms with Gasteiger partial charge >= 0.3 is 0 Å². The van der Waals surface area contributed by atoms with Gasteiger partial charge in [0.1, 0.15) is 5.82 Å². The Morgan fingerprint density at radius 3 is 2.70 bits per heavy atom. The monoisotopic (exact) mass is 334 g/mol. The van der Waals surface area contributed by atoms with Crippen LogP contribution in [0.5, 0.6) is 0 Å². The van der Waals surface area contributed by atoms with Crippen molar-refractivity contribution in [2.45, 2.75) is 32.1 Å². The van der Waals surface area contributed by atoms with Gasteiger partial charge in [0, 0.05) is 24.0 Å². The molecule has 0 spiro atoms. The molecule has 124 valence electrons. The van der Waals surface area contributed by atoms with E-state index in [0.29, 0.717) is 28.8 Å². The Morgan fingerprint density at radius 2 is 2.00 bits per heavy atom. The zero-order chi connectivity index (χ0) is 16.9. The van der Waals surface area contributed by atoms with Crippen molar-refractivity contribution in [2.24, 2.45) is 0 Å². The van der Waals surface area contributed by atoms with Crippen LogP contribution in [0.2, 0.25) is 0 Å². The number of nitrogens with zero attached hydrogens (tertiary/aromatic N) is 2. The highest BCUT2D eigenvalue weighted by Gasteiger charge is 2.14. The third-order valence-corrected chi connectivity index (χ3v) is 5.15. The first-order valence-corrected chi connectivity index (χ1v) is 9.29. The SMILES string of the molecule is CCCS(=O)(=O)c1cccc(Nc2nc(NCC)ncc2C)c1. The Balaban J connectivity index is 2.29. The lowest BCUT2D eigenvalue weighted by Crippen LogP contribution is -2.07. The molecular weight excluding hydrogens is 312 g/mol. The summed E-state index contributed by atoms with van der Waals surface area (Å²) in [6.07, 6.45) is 2.32. The van der Waals surface area contributed by atoms with Crippen molar-refractivity contribution in [1.82, 2.24) is 9.97 Å². The third kappa shape index (κ3) is 4.41. The van der Waals surface area contributed by atoms with Gasteiger partial charge in [-0.05, 0) is 38.5 Å². The van der Waals surface area contributed by atoms with Crippen LogP contribution in [0, 0.1) is 6.92 Å². The fourth-order valence-corrected chi connectivity index (χ4v) is 3.47. The van der Waals surface area contributed by atoms with Crippen molar-refractivity contribution < 1.29 is 8.42 Å². The maximum absolute atomic E-state index is 12.2. The van der Waals surface area contributed by atoms with Gasteiger partial charge < -0.3 is 10.6 Å². The van der Waals surface area contributed by atoms with Gasteiger partial charge in [0.2, 0.25) is 5.95 Å². The number of anilines is 3. The Bertz CT molecular complexity index is 775. The fraction of sp³-hybridized carbons (Fsp3) is 0.375. The summed E-state index contributed by atoms with van der Waals surface area (Å²) in [5.41, 5.74) is 1.57. The first kappa shape index (κ1) is 17.2. The molecule has 0 atom stereocenters. The molecule has 0 radical (unpaired) electrons. The van der Waals surface area contributed by atoms with Gasteiger partial charge in [-0.2, -0.15) is 4.98 Å². The highest BCUT2D eigenvalue weighted by molar-refractivity contribution is 7.91. The standard InChI is InChI=1S/C16H22N4O2S/c1-4-9-23(21,22)14-8-6-7-13(10-14)19-15-12(3)11-18-16(20-15)17-5-2/h6-8,10-11H,4-5,9H2,1-3H3,(H2,17,18,19,20). The summed E-state index contributed by atoms with van der Waals surface area (Å²) in [6.45, 7) is 6.45. The molecule has 0 amide bonds. The lowest BCUT2D eigenvalue weighted by atomic mass is 10.3. The van der Waals surface area contributed by atoms with Crippen molar-refractivity contribution in [3.8, 4) is 0 Å². The summed E-state index contributed by atoms with van der Waals surface area (Å²) in [7, 11) is -3.24. The molecule has 0 saturated heterocycles. The van der Waals surface area contributed by atoms with E-state index in [4.69, 9.17) is 0 Å². The minimum absolute atomic E-state index is 0.146. The van der Waals surface area contributed by atoms with Crippen molar-refractivity contribution in [2.75, 3.05) is 22.9 Å². The second-order valence-electron chi connectivity index (χ2n) is 5.23. The topological polar surface area (TPSA) is 84.0 Å². The summed E-state index contributed by atoms with van der Waals surface area (Å²) < 4.78 is 24.4. The van der Waals surface area contributed by atoms with Crippen LogP contribution in [0.25, 0.3) is 0 Å². The highest BCUT2D eigenvalue weighted by Crippen LogP contribution is 2.22. The maximum Gasteiger partial charge on any atom is 0.224 e. The van der Waals surface area contributed by atoms with Crippen LogP contribution in [-0.2, 0) is 9.84 Å². The van der Waals surface area contributed by atoms with E-state index in [2.05, 4.69) is 20.6 Å². The Kier molecular flexibility index (Phi) is 5.54. The number of aromatic nitrogens is 2. The molecule has 1 aromatic heterocycles. The average Bonchev–Trinajstić information content (AvgIpc) is 2.51. The van der Waals surface area contributed by atoms with Crippen LogP contribution < -0.4 is 10.6 Å². The van der Waals surface area contributed by atoms with E-state index in [1.165, 1.54) is 0 Å². The second-order valence-corrected chi connectivity index (χ2v) is 7.34. The van der Waals surface area contributed by atoms with E-state index in [1.54, 1.807) is 24.4 Å². The van der Waals surface area contributed by atoms with Gasteiger partial charge in [0.05, 0.1) is 10.6 Å². The summed E-state index contributed by atoms with van der Waals surface area (Å²) in [5.74, 6) is 1.34. The number of nitrogens with one attached hydrogen (secondary N) is 2. The largest absolute Gasteiger partial charge is 0.354 e. The van der Waals surface area contributed by atoms with E-state index in [1.807, 2.05) is 26.8 Å². The molecule has 7 heteroatoms. The molecule has 2 aromatic rings. The summed E-state index contributed by atoms with van der Waals surface area (Å²) in [6, 6.07) is 6.80. The smallest absolute Gasteiger partial charge is 0.224 e. The molecule has 23 heavy (non-hydrogen) atoms. The van der Waals surface area contributed by atoms with E-state index < -0.39 is 9.84 Å². The zero-order valence-corrected chi connectivity index (χ0v) is 14.4. The van der Waals surface area contributed by atoms with Crippen LogP contribution >= 0.6 is 0 Å². The van der Waals surface area contributed by atoms with E-state index in [9.17, 15) is 8.42 Å². The van der Waals surface area contributed by atoms with Crippen LogP contribution in [0.4, 0.5) is 17.5 Å². The molecule has 2 N–H and O–H groups in total. The number of hydrogen-bond acceptors (Lipinski definition) is 6. The van der Waals surface area contributed by atoms with Gasteiger partial charge in [-0.15, -0.1) is 0 Å². The van der Waals surface area contributed by atoms with Crippen molar-refractivity contribution in [3.05, 3.63) is 36.0 Å². The molecule has 0 aliphatic rings. The average molecular weight is 334 g/mol. The number of benzene rings is 1. The zero-order valence-electron chi connectivity index (χ0n) is 13.6. The Hall–Kier alpha value is -2.15. The van der Waals surface area contributed by atoms with Crippen molar-refractivity contribution in [3.63, 3.8) is 0 Å². The number of aryl methyl sites for hydroxylation is 1. The van der Waals surface area contributed by atoms with Gasteiger partial charge in [-0.25, -0.2) is 13.4 Å². The number of hydrogen-bond donors (Lipinski definition) is 2. The molecular formula is C16H22N4O2S. The minimum Gasteiger partial charge on any atom is -0.354 e. The molecule has 1 heterocycles. The minimum atomic E-state index is -3.24. The molecule has 0 saturated carbocycles. The molecule has 2 rings (SSSR count). The van der Waals surface area contributed by atoms with Crippen LogP contribution in [0.15, 0.2) is 35.4 Å². The molecule has 0 aliphatic heterocycles. The first-order chi connectivity index (χ1) is 11.0. The molecule has 0 unspecified atom stereocenters. The molecule has 0 bridgehead atoms. The predicted molar refractivity (Wildman–Crippen MR) is 93.0 cm³/mol. The van der Waals surface area contributed by atoms with Gasteiger partial charge in [0.25, 0.3) is 0 Å². The third-order valence-electron chi connectivity index (χ3n) is 3.24. The van der Waals surface area contributed by atoms with Crippen molar-refractivity contribution in [1.29, 1.82) is 0 Å². The molecule has 6 nitrogen and oxygen atoms in total. The normalized spacial score (nSPS) is 11.3. The predicted octanol–water partition coefficient (Wildman–Crippen LogP) is 3.14. The lowest BCUT2D eigenvalue weighted by molar-refractivity contribution is 0.595. The van der Waals surface area contributed by atoms with E-state index in [0.717, 1.165) is 12.1 Å². The van der Waals surface area contributed by atoms with Crippen LogP contribution in [0.3, 0.4) is 0 Å². The van der Waals surface area contributed by atoms with Gasteiger partial charge in [-0.3, -0.25) is 0 Å². The van der Waals surface area contributed by atoms with Crippen LogP contribution in [-0.4, -0.2) is 30.7 Å². The maximum atomic E-state index is 12.2. The summed E-state index contributed by atoms with van der Waals surface area (Å²) >= 11 is 0. The Morgan fingerprint density at radius 1 is 1.22 bits per heavy atom. The van der Waals surface area contributed by atoms with Crippen molar-refractivity contribution >= 4 is 27.3 Å². The Labute approximate surface area is 137 Å². The van der Waals surface area contributed by atoms with Gasteiger partial charge in [-0.1, -0.05) is 13.0 Å². The van der Waals surface area contributed by atoms with E-state index >= 15 is 0 Å². The lowest BCUT2D eigenvalue weighted by Gasteiger charge is -2.11. The number of rotatable bonds is 7. The molecule has 0 fully saturated rings.